The van der Waals surface area contributed by atoms with Crippen molar-refractivity contribution in [2.45, 2.75) is 0 Å². The van der Waals surface area contributed by atoms with Crippen molar-refractivity contribution in [2.24, 2.45) is 0 Å². The molecule has 2 heterocycles. The number of thioether (sulfide) groups is 1. The molecular weight excluding hydrogens is 420 g/mol. The van der Waals surface area contributed by atoms with Gasteiger partial charge in [0.15, 0.2) is 0 Å². The highest BCUT2D eigenvalue weighted by atomic mass is 32.2. The maximum Gasteiger partial charge on any atom is 0.343 e. The summed E-state index contributed by atoms with van der Waals surface area (Å²) >= 11 is 0.665. The summed E-state index contributed by atoms with van der Waals surface area (Å²) in [6.07, 6.45) is 1.31. The minimum atomic E-state index is -0.646. The van der Waals surface area contributed by atoms with Gasteiger partial charge in [-0.15, -0.1) is 0 Å². The lowest BCUT2D eigenvalue weighted by Crippen LogP contribution is -2.36. The molecule has 0 aliphatic carbocycles. The van der Waals surface area contributed by atoms with Gasteiger partial charge >= 0.3 is 5.63 Å². The fraction of sp³-hybridized carbons (Fsp3) is 0.0909. The van der Waals surface area contributed by atoms with E-state index >= 15 is 0 Å². The molecule has 1 aliphatic heterocycles. The van der Waals surface area contributed by atoms with Crippen molar-refractivity contribution in [1.82, 2.24) is 4.90 Å². The first-order valence-corrected chi connectivity index (χ1v) is 9.98. The van der Waals surface area contributed by atoms with Crippen LogP contribution in [0.1, 0.15) is 5.56 Å². The normalized spacial score (nSPS) is 15.0. The summed E-state index contributed by atoms with van der Waals surface area (Å²) in [7, 11) is 1.53. The summed E-state index contributed by atoms with van der Waals surface area (Å²) in [6, 6.07) is 15.2. The Morgan fingerprint density at radius 3 is 2.61 bits per heavy atom. The van der Waals surface area contributed by atoms with Crippen LogP contribution in [0, 0.1) is 0 Å². The van der Waals surface area contributed by atoms with Crippen LogP contribution in [-0.2, 0) is 9.59 Å². The smallest absolute Gasteiger partial charge is 0.343 e. The molecule has 0 unspecified atom stereocenters. The molecule has 1 N–H and O–H groups in total. The quantitative estimate of drug-likeness (QED) is 0.482. The van der Waals surface area contributed by atoms with Gasteiger partial charge in [0.1, 0.15) is 17.9 Å². The van der Waals surface area contributed by atoms with E-state index in [4.69, 9.17) is 9.15 Å². The topological polar surface area (TPSA) is 106 Å². The van der Waals surface area contributed by atoms with Gasteiger partial charge in [-0.2, -0.15) is 0 Å². The van der Waals surface area contributed by atoms with Gasteiger partial charge in [-0.25, -0.2) is 4.79 Å². The molecule has 9 heteroatoms. The van der Waals surface area contributed by atoms with Gasteiger partial charge in [0.05, 0.1) is 17.6 Å². The number of hydrogen-bond donors (Lipinski definition) is 1. The Bertz CT molecular complexity index is 1280. The first-order chi connectivity index (χ1) is 14.9. The van der Waals surface area contributed by atoms with Crippen molar-refractivity contribution in [2.75, 3.05) is 19.0 Å². The molecule has 4 rings (SSSR count). The largest absolute Gasteiger partial charge is 0.497 e. The third-order valence-electron chi connectivity index (χ3n) is 4.50. The number of para-hydroxylation sites is 1. The molecule has 1 aliphatic rings. The molecule has 0 bridgehead atoms. The van der Waals surface area contributed by atoms with Crippen LogP contribution in [0.4, 0.5) is 10.5 Å². The van der Waals surface area contributed by atoms with Crippen LogP contribution in [0.5, 0.6) is 5.75 Å². The number of nitrogens with one attached hydrogen (secondary N) is 1. The summed E-state index contributed by atoms with van der Waals surface area (Å²) in [4.78, 5) is 50.3. The number of hydrogen-bond acceptors (Lipinski definition) is 7. The summed E-state index contributed by atoms with van der Waals surface area (Å²) in [5.74, 6) is -0.543. The maximum absolute atomic E-state index is 12.7. The van der Waals surface area contributed by atoms with Crippen molar-refractivity contribution in [1.29, 1.82) is 0 Å². The van der Waals surface area contributed by atoms with Crippen LogP contribution in [0.25, 0.3) is 17.0 Å². The predicted molar refractivity (Wildman–Crippen MR) is 117 cm³/mol. The van der Waals surface area contributed by atoms with Gasteiger partial charge in [0.25, 0.3) is 11.1 Å². The average molecular weight is 436 g/mol. The second kappa shape index (κ2) is 8.49. The highest BCUT2D eigenvalue weighted by Gasteiger charge is 2.36. The Hall–Kier alpha value is -3.85. The minimum Gasteiger partial charge on any atom is -0.497 e. The number of anilines is 1. The van der Waals surface area contributed by atoms with E-state index in [1.165, 1.54) is 13.2 Å². The van der Waals surface area contributed by atoms with Gasteiger partial charge in [-0.3, -0.25) is 19.3 Å². The van der Waals surface area contributed by atoms with Crippen LogP contribution in [0.15, 0.2) is 68.7 Å². The van der Waals surface area contributed by atoms with Gasteiger partial charge in [0.2, 0.25) is 5.91 Å². The zero-order valence-electron chi connectivity index (χ0n) is 16.3. The lowest BCUT2D eigenvalue weighted by molar-refractivity contribution is -0.127. The summed E-state index contributed by atoms with van der Waals surface area (Å²) in [5.41, 5.74) is 0.449. The van der Waals surface area contributed by atoms with Gasteiger partial charge in [0, 0.05) is 11.1 Å². The molecule has 2 aromatic carbocycles. The van der Waals surface area contributed by atoms with E-state index in [9.17, 15) is 19.2 Å². The monoisotopic (exact) mass is 436 g/mol. The number of amides is 3. The number of methoxy groups -OCH3 is 1. The van der Waals surface area contributed by atoms with Crippen molar-refractivity contribution < 1.29 is 23.5 Å². The fourth-order valence-corrected chi connectivity index (χ4v) is 3.80. The zero-order chi connectivity index (χ0) is 22.0. The van der Waals surface area contributed by atoms with Gasteiger partial charge in [-0.05, 0) is 54.2 Å². The summed E-state index contributed by atoms with van der Waals surface area (Å²) in [6.45, 7) is -0.444. The van der Waals surface area contributed by atoms with Gasteiger partial charge in [-0.1, -0.05) is 18.2 Å². The second-order valence-electron chi connectivity index (χ2n) is 6.57. The molecule has 3 amide bonds. The molecule has 0 saturated carbocycles. The van der Waals surface area contributed by atoms with Crippen LogP contribution in [-0.4, -0.2) is 35.6 Å². The molecule has 1 saturated heterocycles. The van der Waals surface area contributed by atoms with Crippen LogP contribution >= 0.6 is 11.8 Å². The zero-order valence-corrected chi connectivity index (χ0v) is 17.1. The lowest BCUT2D eigenvalue weighted by atomic mass is 10.2. The van der Waals surface area contributed by atoms with Crippen LogP contribution < -0.4 is 15.7 Å². The van der Waals surface area contributed by atoms with E-state index in [-0.39, 0.29) is 10.5 Å². The molecule has 156 valence electrons. The van der Waals surface area contributed by atoms with E-state index in [2.05, 4.69) is 5.32 Å². The Kier molecular flexibility index (Phi) is 5.59. The van der Waals surface area contributed by atoms with E-state index in [0.29, 0.717) is 34.2 Å². The van der Waals surface area contributed by atoms with E-state index in [1.807, 2.05) is 0 Å². The summed E-state index contributed by atoms with van der Waals surface area (Å²) < 4.78 is 10.3. The number of carbonyl (C=O) groups is 3. The third-order valence-corrected chi connectivity index (χ3v) is 5.41. The number of rotatable bonds is 5. The lowest BCUT2D eigenvalue weighted by Gasteiger charge is -2.12. The van der Waals surface area contributed by atoms with E-state index in [0.717, 1.165) is 4.90 Å². The molecule has 31 heavy (non-hydrogen) atoms. The minimum absolute atomic E-state index is 0.0461. The van der Waals surface area contributed by atoms with Crippen molar-refractivity contribution in [3.63, 3.8) is 0 Å². The number of benzene rings is 2. The van der Waals surface area contributed by atoms with E-state index < -0.39 is 29.2 Å². The number of carbonyl (C=O) groups excluding carboxylic acids is 3. The maximum atomic E-state index is 12.7. The number of nitrogens with zero attached hydrogens (tertiary/aromatic N) is 1. The Labute approximate surface area is 180 Å². The first kappa shape index (κ1) is 20.4. The standard InChI is InChI=1S/C22H16N2O6S/c1-29-16-8-6-15(7-9-16)23-19(25)12-24-20(26)18(31-22(24)28)11-14-10-13-4-2-3-5-17(13)30-21(14)27/h2-11H,12H2,1H3,(H,23,25)/b18-11+. The fourth-order valence-electron chi connectivity index (χ4n) is 2.97. The molecule has 3 aromatic rings. The predicted octanol–water partition coefficient (Wildman–Crippen LogP) is 3.48. The van der Waals surface area contributed by atoms with Crippen LogP contribution in [0.3, 0.4) is 0 Å². The molecule has 0 atom stereocenters. The first-order valence-electron chi connectivity index (χ1n) is 9.17. The van der Waals surface area contributed by atoms with Crippen LogP contribution in [0.2, 0.25) is 0 Å². The molecule has 8 nitrogen and oxygen atoms in total. The number of fused-ring (bicyclic) bond motifs is 1. The molecule has 0 radical (unpaired) electrons. The molecule has 1 aromatic heterocycles. The highest BCUT2D eigenvalue weighted by molar-refractivity contribution is 8.18. The SMILES string of the molecule is COc1ccc(NC(=O)CN2C(=O)S/C(=C/c3cc4ccccc4oc3=O)C2=O)cc1. The Morgan fingerprint density at radius 2 is 1.87 bits per heavy atom. The summed E-state index contributed by atoms with van der Waals surface area (Å²) in [5, 5.41) is 2.72. The second-order valence-corrected chi connectivity index (χ2v) is 7.56. The van der Waals surface area contributed by atoms with E-state index in [1.54, 1.807) is 54.6 Å². The molecule has 1 fully saturated rings. The highest BCUT2D eigenvalue weighted by Crippen LogP contribution is 2.32. The molecular formula is C22H16N2O6S. The molecule has 0 spiro atoms. The Morgan fingerprint density at radius 1 is 1.13 bits per heavy atom. The van der Waals surface area contributed by atoms with Gasteiger partial charge < -0.3 is 14.5 Å². The third kappa shape index (κ3) is 4.36. The van der Waals surface area contributed by atoms with Crippen molar-refractivity contribution in [3.8, 4) is 5.75 Å². The number of ether oxygens (including phenoxy) is 1. The Balaban J connectivity index is 1.50. The van der Waals surface area contributed by atoms with Crippen molar-refractivity contribution in [3.05, 3.63) is 75.5 Å². The van der Waals surface area contributed by atoms with Crippen molar-refractivity contribution >= 4 is 51.5 Å². The number of imide groups is 1. The average Bonchev–Trinajstić information content (AvgIpc) is 3.02.